The van der Waals surface area contributed by atoms with Crippen molar-refractivity contribution in [2.75, 3.05) is 11.4 Å². The highest BCUT2D eigenvalue weighted by molar-refractivity contribution is 6.14. The van der Waals surface area contributed by atoms with Gasteiger partial charge in [0.05, 0.1) is 5.41 Å². The van der Waals surface area contributed by atoms with Gasteiger partial charge in [0.1, 0.15) is 0 Å². The maximum Gasteiger partial charge on any atom is 0.587 e. The molecule has 0 saturated heterocycles. The third kappa shape index (κ3) is 4.06. The molecule has 4 aromatic rings. The molecule has 0 saturated carbocycles. The van der Waals surface area contributed by atoms with Crippen LogP contribution in [0.3, 0.4) is 0 Å². The average molecular weight is 522 g/mol. The molecule has 0 aromatic heterocycles. The van der Waals surface area contributed by atoms with Crippen molar-refractivity contribution in [3.05, 3.63) is 120 Å². The minimum atomic E-state index is -0.194. The normalized spacial score (nSPS) is 18.6. The van der Waals surface area contributed by atoms with Crippen molar-refractivity contribution in [3.8, 4) is 0 Å². The maximum absolute atomic E-state index is 6.67. The molecule has 2 heterocycles. The Morgan fingerprint density at radius 1 is 0.750 bits per heavy atom. The summed E-state index contributed by atoms with van der Waals surface area (Å²) in [6.07, 6.45) is 13.3. The molecule has 0 unspecified atom stereocenters. The van der Waals surface area contributed by atoms with Crippen LogP contribution >= 0.6 is 0 Å². The fourth-order valence-electron chi connectivity index (χ4n) is 6.92. The molecule has 198 valence electrons. The molecule has 0 amide bonds. The number of nitrogens with zero attached hydrogens (tertiary/aromatic N) is 2. The van der Waals surface area contributed by atoms with Crippen LogP contribution in [-0.4, -0.2) is 24.7 Å². The highest BCUT2D eigenvalue weighted by atomic mass is 15.2. The van der Waals surface area contributed by atoms with E-state index in [1.54, 1.807) is 0 Å². The Bertz CT molecular complexity index is 1750. The fourth-order valence-corrected chi connectivity index (χ4v) is 6.92. The number of benzene rings is 4. The lowest BCUT2D eigenvalue weighted by atomic mass is 9.79. The summed E-state index contributed by atoms with van der Waals surface area (Å²) < 4.78 is 1.86. The number of hydrogen-bond acceptors (Lipinski definition) is 1. The smallest absolute Gasteiger partial charge is 0.344 e. The minimum Gasteiger partial charge on any atom is -0.344 e. The van der Waals surface area contributed by atoms with Crippen LogP contribution in [-0.2, 0) is 10.8 Å². The monoisotopic (exact) mass is 521 g/mol. The van der Waals surface area contributed by atoms with Crippen LogP contribution in [0.5, 0.6) is 0 Å². The Morgan fingerprint density at radius 3 is 2.10 bits per heavy atom. The molecular weight excluding hydrogens is 483 g/mol. The van der Waals surface area contributed by atoms with Crippen LogP contribution in [0.15, 0.2) is 109 Å². The molecule has 3 heteroatoms. The Hall–Kier alpha value is -3.85. The zero-order chi connectivity index (χ0) is 28.1. The first-order valence-corrected chi connectivity index (χ1v) is 14.6. The van der Waals surface area contributed by atoms with Crippen molar-refractivity contribution in [2.45, 2.75) is 58.3 Å². The first kappa shape index (κ1) is 26.4. The molecule has 0 fully saturated rings. The van der Waals surface area contributed by atoms with E-state index in [9.17, 15) is 0 Å². The fraction of sp³-hybridized carbons (Fsp3) is 0.270. The zero-order valence-electron chi connectivity index (χ0n) is 24.4. The van der Waals surface area contributed by atoms with E-state index in [0.29, 0.717) is 0 Å². The van der Waals surface area contributed by atoms with Gasteiger partial charge in [0, 0.05) is 41.1 Å². The first-order chi connectivity index (χ1) is 19.3. The van der Waals surface area contributed by atoms with Gasteiger partial charge in [0.25, 0.3) is 0 Å². The van der Waals surface area contributed by atoms with Crippen molar-refractivity contribution in [1.29, 1.82) is 0 Å². The van der Waals surface area contributed by atoms with Crippen molar-refractivity contribution in [1.82, 2.24) is 0 Å². The summed E-state index contributed by atoms with van der Waals surface area (Å²) in [6, 6.07) is 26.3. The minimum absolute atomic E-state index is 0.0864. The standard InChI is InChI=1S/C37H38BN2/c1-6-7-25-39-30-23-21-26-15-11-13-17-28(26)34(30)36(2,3)32(39)19-9-8-10-20-33-37(4,5)35-29-18-14-12-16-27(29)22-24-31(35)40(33)38/h8-24H,6-7,25H2,1-5H3/q+1. The summed E-state index contributed by atoms with van der Waals surface area (Å²) in [5.74, 6) is 0. The molecule has 0 atom stereocenters. The number of fused-ring (bicyclic) bond motifs is 6. The zero-order valence-corrected chi connectivity index (χ0v) is 24.4. The SMILES string of the molecule is [B][N+]1=C(/C=C/C=C/C=C2/N(CCCC)c3ccc4ccccc4c3C2(C)C)C(C)(C)c2c1ccc1ccccc21. The third-order valence-electron chi connectivity index (χ3n) is 8.91. The van der Waals surface area contributed by atoms with Gasteiger partial charge in [-0.25, -0.2) is 0 Å². The Morgan fingerprint density at radius 2 is 1.40 bits per heavy atom. The van der Waals surface area contributed by atoms with Crippen LogP contribution in [0.25, 0.3) is 21.5 Å². The highest BCUT2D eigenvalue weighted by Crippen LogP contribution is 2.51. The van der Waals surface area contributed by atoms with Gasteiger partial charge in [0.15, 0.2) is 11.4 Å². The molecular formula is C37H38BN2+. The van der Waals surface area contributed by atoms with E-state index in [-0.39, 0.29) is 10.8 Å². The summed E-state index contributed by atoms with van der Waals surface area (Å²) in [5, 5.41) is 5.18. The van der Waals surface area contributed by atoms with E-state index in [0.717, 1.165) is 24.4 Å². The van der Waals surface area contributed by atoms with Crippen LogP contribution in [0.4, 0.5) is 11.4 Å². The second kappa shape index (κ2) is 9.96. The summed E-state index contributed by atoms with van der Waals surface area (Å²) >= 11 is 0. The quantitative estimate of drug-likeness (QED) is 0.181. The molecule has 0 N–H and O–H groups in total. The van der Waals surface area contributed by atoms with E-state index in [1.807, 2.05) is 4.49 Å². The van der Waals surface area contributed by atoms with E-state index in [2.05, 4.69) is 143 Å². The average Bonchev–Trinajstić information content (AvgIpc) is 3.29. The molecule has 4 aromatic carbocycles. The number of allylic oxidation sites excluding steroid dienone is 6. The molecule has 40 heavy (non-hydrogen) atoms. The lowest BCUT2D eigenvalue weighted by Gasteiger charge is -2.27. The topological polar surface area (TPSA) is 6.25 Å². The summed E-state index contributed by atoms with van der Waals surface area (Å²) in [5.41, 5.74) is 7.33. The second-order valence-corrected chi connectivity index (χ2v) is 12.2. The van der Waals surface area contributed by atoms with E-state index in [1.165, 1.54) is 50.5 Å². The van der Waals surface area contributed by atoms with Gasteiger partial charge in [-0.05, 0) is 65.6 Å². The molecule has 0 aliphatic carbocycles. The second-order valence-electron chi connectivity index (χ2n) is 12.2. The van der Waals surface area contributed by atoms with Crippen molar-refractivity contribution in [2.24, 2.45) is 0 Å². The van der Waals surface area contributed by atoms with Crippen molar-refractivity contribution in [3.63, 3.8) is 0 Å². The van der Waals surface area contributed by atoms with E-state index >= 15 is 0 Å². The largest absolute Gasteiger partial charge is 0.587 e. The number of rotatable bonds is 6. The first-order valence-electron chi connectivity index (χ1n) is 14.6. The maximum atomic E-state index is 6.67. The molecule has 0 bridgehead atoms. The number of unbranched alkanes of at least 4 members (excludes halogenated alkanes) is 1. The third-order valence-corrected chi connectivity index (χ3v) is 8.91. The predicted molar refractivity (Wildman–Crippen MR) is 173 cm³/mol. The van der Waals surface area contributed by atoms with Crippen LogP contribution in [0.2, 0.25) is 0 Å². The Kier molecular flexibility index (Phi) is 6.57. The van der Waals surface area contributed by atoms with Gasteiger partial charge in [0.2, 0.25) is 0 Å². The van der Waals surface area contributed by atoms with E-state index < -0.39 is 0 Å². The molecule has 6 rings (SSSR count). The van der Waals surface area contributed by atoms with Gasteiger partial charge >= 0.3 is 7.98 Å². The molecule has 2 nitrogen and oxygen atoms in total. The van der Waals surface area contributed by atoms with E-state index in [4.69, 9.17) is 7.98 Å². The highest BCUT2D eigenvalue weighted by Gasteiger charge is 2.43. The van der Waals surface area contributed by atoms with Gasteiger partial charge in [-0.15, -0.1) is 0 Å². The Balaban J connectivity index is 1.32. The Labute approximate surface area is 240 Å². The van der Waals surface area contributed by atoms with Gasteiger partial charge in [-0.2, -0.15) is 0 Å². The lowest BCUT2D eigenvalue weighted by Crippen LogP contribution is -2.27. The lowest BCUT2D eigenvalue weighted by molar-refractivity contribution is -0.263. The predicted octanol–water partition coefficient (Wildman–Crippen LogP) is 9.05. The number of hydrogen-bond donors (Lipinski definition) is 0. The molecule has 0 spiro atoms. The van der Waals surface area contributed by atoms with Gasteiger partial charge in [-0.1, -0.05) is 100 Å². The summed E-state index contributed by atoms with van der Waals surface area (Å²) in [6.45, 7) is 12.6. The summed E-state index contributed by atoms with van der Waals surface area (Å²) in [4.78, 5) is 2.54. The van der Waals surface area contributed by atoms with Gasteiger partial charge < -0.3 is 4.90 Å². The number of anilines is 1. The van der Waals surface area contributed by atoms with Gasteiger partial charge in [-0.3, -0.25) is 4.49 Å². The summed E-state index contributed by atoms with van der Waals surface area (Å²) in [7, 11) is 6.67. The van der Waals surface area contributed by atoms with Crippen molar-refractivity contribution < 1.29 is 4.49 Å². The molecule has 2 aliphatic heterocycles. The van der Waals surface area contributed by atoms with Crippen LogP contribution in [0.1, 0.15) is 58.6 Å². The van der Waals surface area contributed by atoms with Crippen LogP contribution < -0.4 is 4.90 Å². The molecule has 2 aliphatic rings. The molecule has 2 radical (unpaired) electrons. The van der Waals surface area contributed by atoms with Crippen LogP contribution in [0, 0.1) is 0 Å². The van der Waals surface area contributed by atoms with Crippen molar-refractivity contribution >= 4 is 46.6 Å².